The first-order valence-corrected chi connectivity index (χ1v) is 9.07. The Hall–Kier alpha value is -3.39. The maximum absolute atomic E-state index is 11.9. The van der Waals surface area contributed by atoms with Crippen molar-refractivity contribution in [1.29, 1.82) is 0 Å². The summed E-state index contributed by atoms with van der Waals surface area (Å²) in [5.74, 6) is -0.877. The monoisotopic (exact) mass is 352 g/mol. The Kier molecular flexibility index (Phi) is 4.71. The molecule has 0 saturated heterocycles. The second-order valence-corrected chi connectivity index (χ2v) is 6.74. The van der Waals surface area contributed by atoms with Crippen molar-refractivity contribution in [3.8, 4) is 0 Å². The average molecular weight is 352 g/mol. The molecule has 27 heavy (non-hydrogen) atoms. The fraction of sp³-hybridized carbons (Fsp3) is 0.0800. The van der Waals surface area contributed by atoms with Crippen LogP contribution in [0.25, 0.3) is 10.8 Å². The molecule has 1 N–H and O–H groups in total. The van der Waals surface area contributed by atoms with Crippen LogP contribution in [0, 0.1) is 0 Å². The topological polar surface area (TPSA) is 37.3 Å². The van der Waals surface area contributed by atoms with Crippen LogP contribution in [0.5, 0.6) is 0 Å². The lowest BCUT2D eigenvalue weighted by Gasteiger charge is -2.15. The van der Waals surface area contributed by atoms with E-state index in [1.54, 1.807) is 6.07 Å². The third-order valence-electron chi connectivity index (χ3n) is 4.93. The lowest BCUT2D eigenvalue weighted by molar-refractivity contribution is 0.0696. The number of carboxylic acids is 1. The second kappa shape index (κ2) is 7.46. The van der Waals surface area contributed by atoms with Gasteiger partial charge in [-0.2, -0.15) is 0 Å². The third-order valence-corrected chi connectivity index (χ3v) is 4.93. The maximum Gasteiger partial charge on any atom is 0.335 e. The Labute approximate surface area is 158 Å². The predicted molar refractivity (Wildman–Crippen MR) is 109 cm³/mol. The van der Waals surface area contributed by atoms with E-state index in [2.05, 4.69) is 24.3 Å². The molecular formula is C25H20O2. The predicted octanol–water partition coefficient (Wildman–Crippen LogP) is 5.72. The molecular weight excluding hydrogens is 332 g/mol. The molecule has 4 aromatic rings. The van der Waals surface area contributed by atoms with E-state index in [1.807, 2.05) is 60.7 Å². The van der Waals surface area contributed by atoms with Crippen molar-refractivity contribution in [1.82, 2.24) is 0 Å². The van der Waals surface area contributed by atoms with Gasteiger partial charge in [-0.1, -0.05) is 84.9 Å². The standard InChI is InChI=1S/C25H20O2/c26-25(27)22-15-14-20-12-7-13-21(16-18-8-3-1-4-9-18)24(20)23(22)17-19-10-5-2-6-11-19/h1-15H,16-17H2,(H,26,27). The first-order chi connectivity index (χ1) is 13.2. The zero-order chi connectivity index (χ0) is 18.6. The van der Waals surface area contributed by atoms with Crippen LogP contribution in [-0.4, -0.2) is 11.1 Å². The smallest absolute Gasteiger partial charge is 0.335 e. The number of benzene rings is 4. The van der Waals surface area contributed by atoms with Crippen molar-refractivity contribution < 1.29 is 9.90 Å². The fourth-order valence-corrected chi connectivity index (χ4v) is 3.68. The van der Waals surface area contributed by atoms with Crippen molar-refractivity contribution in [3.05, 3.63) is 119 Å². The van der Waals surface area contributed by atoms with Crippen molar-refractivity contribution in [2.75, 3.05) is 0 Å². The number of rotatable bonds is 5. The Morgan fingerprint density at radius 3 is 1.93 bits per heavy atom. The van der Waals surface area contributed by atoms with Gasteiger partial charge >= 0.3 is 5.97 Å². The van der Waals surface area contributed by atoms with E-state index in [0.29, 0.717) is 12.0 Å². The van der Waals surface area contributed by atoms with Gasteiger partial charge in [0, 0.05) is 0 Å². The van der Waals surface area contributed by atoms with E-state index >= 15 is 0 Å². The number of aromatic carboxylic acids is 1. The summed E-state index contributed by atoms with van der Waals surface area (Å²) in [6.07, 6.45) is 1.38. The molecule has 4 aromatic carbocycles. The molecule has 132 valence electrons. The van der Waals surface area contributed by atoms with Crippen LogP contribution >= 0.6 is 0 Å². The minimum absolute atomic E-state index is 0.381. The summed E-state index contributed by atoms with van der Waals surface area (Å²) in [4.78, 5) is 11.9. The van der Waals surface area contributed by atoms with Gasteiger partial charge in [-0.3, -0.25) is 0 Å². The van der Waals surface area contributed by atoms with E-state index in [4.69, 9.17) is 0 Å². The molecule has 0 aliphatic carbocycles. The van der Waals surface area contributed by atoms with Crippen LogP contribution in [0.2, 0.25) is 0 Å². The average Bonchev–Trinajstić information content (AvgIpc) is 2.69. The maximum atomic E-state index is 11.9. The SMILES string of the molecule is O=C(O)c1ccc2cccc(Cc3ccccc3)c2c1Cc1ccccc1. The number of carboxylic acid groups (broad SMARTS) is 1. The normalized spacial score (nSPS) is 10.8. The Balaban J connectivity index is 1.91. The molecule has 0 aromatic heterocycles. The highest BCUT2D eigenvalue weighted by Gasteiger charge is 2.16. The fourth-order valence-electron chi connectivity index (χ4n) is 3.68. The first kappa shape index (κ1) is 17.0. The van der Waals surface area contributed by atoms with Crippen LogP contribution in [0.4, 0.5) is 0 Å². The van der Waals surface area contributed by atoms with Gasteiger partial charge in [-0.05, 0) is 51.9 Å². The molecule has 0 spiro atoms. The molecule has 0 radical (unpaired) electrons. The highest BCUT2D eigenvalue weighted by atomic mass is 16.4. The molecule has 2 nitrogen and oxygen atoms in total. The van der Waals surface area contributed by atoms with E-state index in [9.17, 15) is 9.90 Å². The zero-order valence-corrected chi connectivity index (χ0v) is 14.9. The molecule has 0 fully saturated rings. The Morgan fingerprint density at radius 1 is 0.667 bits per heavy atom. The van der Waals surface area contributed by atoms with Crippen LogP contribution in [0.3, 0.4) is 0 Å². The number of fused-ring (bicyclic) bond motifs is 1. The van der Waals surface area contributed by atoms with Gasteiger partial charge in [-0.25, -0.2) is 4.79 Å². The molecule has 4 rings (SSSR count). The Morgan fingerprint density at radius 2 is 1.30 bits per heavy atom. The summed E-state index contributed by atoms with van der Waals surface area (Å²) >= 11 is 0. The highest BCUT2D eigenvalue weighted by molar-refractivity contribution is 5.99. The molecule has 2 heteroatoms. The van der Waals surface area contributed by atoms with Gasteiger partial charge in [0.2, 0.25) is 0 Å². The lowest BCUT2D eigenvalue weighted by Crippen LogP contribution is -2.05. The quantitative estimate of drug-likeness (QED) is 0.499. The van der Waals surface area contributed by atoms with Crippen molar-refractivity contribution in [2.45, 2.75) is 12.8 Å². The van der Waals surface area contributed by atoms with Crippen molar-refractivity contribution in [3.63, 3.8) is 0 Å². The molecule has 0 saturated carbocycles. The minimum Gasteiger partial charge on any atom is -0.478 e. The lowest BCUT2D eigenvalue weighted by atomic mass is 9.89. The largest absolute Gasteiger partial charge is 0.478 e. The number of carbonyl (C=O) groups is 1. The summed E-state index contributed by atoms with van der Waals surface area (Å²) < 4.78 is 0. The Bertz CT molecular complexity index is 1080. The molecule has 0 aliphatic rings. The summed E-state index contributed by atoms with van der Waals surface area (Å²) in [6, 6.07) is 30.2. The van der Waals surface area contributed by atoms with E-state index in [-0.39, 0.29) is 0 Å². The van der Waals surface area contributed by atoms with Gasteiger partial charge in [0.25, 0.3) is 0 Å². The molecule has 0 atom stereocenters. The van der Waals surface area contributed by atoms with Crippen LogP contribution in [-0.2, 0) is 12.8 Å². The van der Waals surface area contributed by atoms with Gasteiger partial charge in [0.1, 0.15) is 0 Å². The highest BCUT2D eigenvalue weighted by Crippen LogP contribution is 2.30. The molecule has 0 heterocycles. The van der Waals surface area contributed by atoms with Gasteiger partial charge in [0.05, 0.1) is 5.56 Å². The van der Waals surface area contributed by atoms with E-state index < -0.39 is 5.97 Å². The second-order valence-electron chi connectivity index (χ2n) is 6.74. The summed E-state index contributed by atoms with van der Waals surface area (Å²) in [5.41, 5.74) is 4.76. The van der Waals surface area contributed by atoms with Crippen LogP contribution in [0.1, 0.15) is 32.6 Å². The van der Waals surface area contributed by atoms with Crippen molar-refractivity contribution >= 4 is 16.7 Å². The molecule has 0 bridgehead atoms. The molecule has 0 aliphatic heterocycles. The summed E-state index contributed by atoms with van der Waals surface area (Å²) in [5, 5.41) is 11.9. The number of hydrogen-bond donors (Lipinski definition) is 1. The summed E-state index contributed by atoms with van der Waals surface area (Å²) in [7, 11) is 0. The van der Waals surface area contributed by atoms with Gasteiger partial charge < -0.3 is 5.11 Å². The minimum atomic E-state index is -0.877. The van der Waals surface area contributed by atoms with E-state index in [1.165, 1.54) is 5.56 Å². The van der Waals surface area contributed by atoms with Gasteiger partial charge in [0.15, 0.2) is 0 Å². The molecule has 0 amide bonds. The van der Waals surface area contributed by atoms with Gasteiger partial charge in [-0.15, -0.1) is 0 Å². The van der Waals surface area contributed by atoms with Crippen LogP contribution < -0.4 is 0 Å². The third kappa shape index (κ3) is 3.61. The molecule has 0 unspecified atom stereocenters. The number of hydrogen-bond acceptors (Lipinski definition) is 1. The van der Waals surface area contributed by atoms with Crippen LogP contribution in [0.15, 0.2) is 91.0 Å². The van der Waals surface area contributed by atoms with E-state index in [0.717, 1.165) is 33.9 Å². The first-order valence-electron chi connectivity index (χ1n) is 9.07. The zero-order valence-electron chi connectivity index (χ0n) is 14.9. The summed E-state index contributed by atoms with van der Waals surface area (Å²) in [6.45, 7) is 0. The van der Waals surface area contributed by atoms with Crippen molar-refractivity contribution in [2.24, 2.45) is 0 Å².